The van der Waals surface area contributed by atoms with Crippen LogP contribution in [0.1, 0.15) is 10.5 Å². The molecule has 0 radical (unpaired) electrons. The monoisotopic (exact) mass is 324 g/mol. The van der Waals surface area contributed by atoms with Crippen molar-refractivity contribution in [3.63, 3.8) is 0 Å². The Hall–Kier alpha value is -2.02. The molecular formula is C12H9BrN2O4. The molecule has 0 unspecified atom stereocenters. The summed E-state index contributed by atoms with van der Waals surface area (Å²) in [6.45, 7) is 0.197. The van der Waals surface area contributed by atoms with Crippen molar-refractivity contribution in [3.8, 4) is 22.9 Å². The number of methoxy groups -OCH3 is 1. The topological polar surface area (TPSA) is 73.4 Å². The number of carbonyl (C=O) groups excluding carboxylic acids is 1. The average Bonchev–Trinajstić information content (AvgIpc) is 3.06. The Bertz CT molecular complexity index is 653. The number of fused-ring (bicyclic) bond motifs is 1. The Morgan fingerprint density at radius 1 is 1.47 bits per heavy atom. The number of hydrogen-bond acceptors (Lipinski definition) is 5. The van der Waals surface area contributed by atoms with Gasteiger partial charge in [-0.15, -0.1) is 0 Å². The largest absolute Gasteiger partial charge is 0.464 e. The van der Waals surface area contributed by atoms with Gasteiger partial charge in [0.2, 0.25) is 6.79 Å². The number of nitrogens with one attached hydrogen (secondary N) is 1. The van der Waals surface area contributed by atoms with Gasteiger partial charge < -0.3 is 19.2 Å². The van der Waals surface area contributed by atoms with Crippen molar-refractivity contribution in [2.75, 3.05) is 13.9 Å². The molecule has 2 aromatic rings. The van der Waals surface area contributed by atoms with E-state index in [0.717, 1.165) is 10.0 Å². The third-order valence-corrected chi connectivity index (χ3v) is 3.27. The van der Waals surface area contributed by atoms with Gasteiger partial charge in [-0.2, -0.15) is 0 Å². The van der Waals surface area contributed by atoms with E-state index in [1.807, 2.05) is 6.07 Å². The maximum Gasteiger partial charge on any atom is 0.356 e. The summed E-state index contributed by atoms with van der Waals surface area (Å²) in [6, 6.07) is 3.64. The van der Waals surface area contributed by atoms with Crippen LogP contribution in [0, 0.1) is 0 Å². The van der Waals surface area contributed by atoms with Crippen LogP contribution < -0.4 is 9.47 Å². The smallest absolute Gasteiger partial charge is 0.356 e. The Labute approximate surface area is 116 Å². The zero-order valence-corrected chi connectivity index (χ0v) is 11.5. The molecule has 0 saturated carbocycles. The van der Waals surface area contributed by atoms with Crippen LogP contribution in [0.3, 0.4) is 0 Å². The first-order valence-electron chi connectivity index (χ1n) is 5.42. The molecule has 0 amide bonds. The minimum absolute atomic E-state index is 0.197. The van der Waals surface area contributed by atoms with Gasteiger partial charge in [-0.3, -0.25) is 0 Å². The number of aromatic amines is 1. The number of benzene rings is 1. The average molecular weight is 325 g/mol. The molecule has 0 saturated heterocycles. The van der Waals surface area contributed by atoms with E-state index in [0.29, 0.717) is 23.0 Å². The molecule has 1 aliphatic rings. The molecule has 0 aliphatic carbocycles. The van der Waals surface area contributed by atoms with Crippen molar-refractivity contribution in [1.82, 2.24) is 9.97 Å². The van der Waals surface area contributed by atoms with Crippen molar-refractivity contribution in [2.24, 2.45) is 0 Å². The molecule has 1 aromatic carbocycles. The molecule has 19 heavy (non-hydrogen) atoms. The van der Waals surface area contributed by atoms with Crippen LogP contribution in [-0.4, -0.2) is 29.8 Å². The number of halogens is 1. The van der Waals surface area contributed by atoms with Gasteiger partial charge in [0.25, 0.3) is 0 Å². The predicted octanol–water partition coefficient (Wildman–Crippen LogP) is 2.35. The molecule has 3 rings (SSSR count). The van der Waals surface area contributed by atoms with E-state index in [4.69, 9.17) is 9.47 Å². The van der Waals surface area contributed by atoms with Crippen LogP contribution in [0.15, 0.2) is 22.8 Å². The fourth-order valence-corrected chi connectivity index (χ4v) is 2.34. The second-order valence-corrected chi connectivity index (χ2v) is 4.68. The van der Waals surface area contributed by atoms with Crippen LogP contribution in [0.25, 0.3) is 11.4 Å². The molecule has 1 aliphatic heterocycles. The molecule has 0 spiro atoms. The summed E-state index contributed by atoms with van der Waals surface area (Å²) in [5.74, 6) is 1.40. The summed E-state index contributed by atoms with van der Waals surface area (Å²) in [7, 11) is 1.32. The van der Waals surface area contributed by atoms with E-state index < -0.39 is 5.97 Å². The highest BCUT2D eigenvalue weighted by Crippen LogP contribution is 2.41. The number of imidazole rings is 1. The maximum atomic E-state index is 11.4. The van der Waals surface area contributed by atoms with Gasteiger partial charge in [0.15, 0.2) is 11.5 Å². The number of hydrogen-bond donors (Lipinski definition) is 1. The number of ether oxygens (including phenoxy) is 3. The number of H-pyrrole nitrogens is 1. The fourth-order valence-electron chi connectivity index (χ4n) is 1.79. The minimum Gasteiger partial charge on any atom is -0.464 e. The highest BCUT2D eigenvalue weighted by Gasteiger charge is 2.20. The third kappa shape index (κ3) is 2.06. The number of nitrogens with zero attached hydrogens (tertiary/aromatic N) is 1. The molecule has 6 nitrogen and oxygen atoms in total. The van der Waals surface area contributed by atoms with E-state index >= 15 is 0 Å². The Kier molecular flexibility index (Phi) is 2.90. The second kappa shape index (κ2) is 4.58. The van der Waals surface area contributed by atoms with Gasteiger partial charge in [-0.1, -0.05) is 0 Å². The van der Waals surface area contributed by atoms with Gasteiger partial charge in [0.1, 0.15) is 11.5 Å². The molecule has 98 valence electrons. The van der Waals surface area contributed by atoms with Crippen molar-refractivity contribution in [1.29, 1.82) is 0 Å². The van der Waals surface area contributed by atoms with Gasteiger partial charge in [0, 0.05) is 5.56 Å². The molecule has 0 atom stereocenters. The summed E-state index contributed by atoms with van der Waals surface area (Å²) in [6.07, 6.45) is 1.43. The van der Waals surface area contributed by atoms with E-state index in [2.05, 4.69) is 30.6 Å². The Balaban J connectivity index is 2.01. The standard InChI is InChI=1S/C12H9BrN2O4/c1-17-12(16)8-4-14-11(15-8)6-2-7(13)10-9(3-6)18-5-19-10/h2-4H,5H2,1H3,(H,14,15). The Morgan fingerprint density at radius 2 is 2.32 bits per heavy atom. The summed E-state index contributed by atoms with van der Waals surface area (Å²) in [4.78, 5) is 18.4. The lowest BCUT2D eigenvalue weighted by Gasteiger charge is -2.02. The lowest BCUT2D eigenvalue weighted by molar-refractivity contribution is 0.0595. The van der Waals surface area contributed by atoms with E-state index in [1.54, 1.807) is 6.07 Å². The molecule has 0 bridgehead atoms. The maximum absolute atomic E-state index is 11.4. The van der Waals surface area contributed by atoms with Crippen LogP contribution in [0.4, 0.5) is 0 Å². The van der Waals surface area contributed by atoms with Crippen molar-refractivity contribution < 1.29 is 19.0 Å². The normalized spacial score (nSPS) is 12.5. The molecule has 0 fully saturated rings. The quantitative estimate of drug-likeness (QED) is 0.858. The summed E-state index contributed by atoms with van der Waals surface area (Å²) in [5, 5.41) is 0. The van der Waals surface area contributed by atoms with Gasteiger partial charge >= 0.3 is 5.97 Å². The van der Waals surface area contributed by atoms with Crippen molar-refractivity contribution in [3.05, 3.63) is 28.5 Å². The van der Waals surface area contributed by atoms with E-state index in [-0.39, 0.29) is 6.79 Å². The number of carbonyl (C=O) groups is 1. The highest BCUT2D eigenvalue weighted by molar-refractivity contribution is 9.10. The SMILES string of the molecule is COC(=O)c1cnc(-c2cc(Br)c3c(c2)OCO3)[nH]1. The van der Waals surface area contributed by atoms with Crippen LogP contribution in [0.5, 0.6) is 11.5 Å². The number of aromatic nitrogens is 2. The van der Waals surface area contributed by atoms with Crippen LogP contribution in [0.2, 0.25) is 0 Å². The predicted molar refractivity (Wildman–Crippen MR) is 69.2 cm³/mol. The van der Waals surface area contributed by atoms with E-state index in [9.17, 15) is 4.79 Å². The van der Waals surface area contributed by atoms with Crippen molar-refractivity contribution in [2.45, 2.75) is 0 Å². The van der Waals surface area contributed by atoms with Crippen molar-refractivity contribution >= 4 is 21.9 Å². The summed E-state index contributed by atoms with van der Waals surface area (Å²) in [5.41, 5.74) is 1.08. The van der Waals surface area contributed by atoms with E-state index in [1.165, 1.54) is 13.3 Å². The number of esters is 1. The summed E-state index contributed by atoms with van der Waals surface area (Å²) < 4.78 is 16.0. The number of rotatable bonds is 2. The van der Waals surface area contributed by atoms with Gasteiger partial charge in [-0.05, 0) is 28.1 Å². The first-order valence-corrected chi connectivity index (χ1v) is 6.21. The molecule has 1 aromatic heterocycles. The lowest BCUT2D eigenvalue weighted by atomic mass is 10.2. The minimum atomic E-state index is -0.460. The van der Waals surface area contributed by atoms with Gasteiger partial charge in [0.05, 0.1) is 17.8 Å². The zero-order valence-electron chi connectivity index (χ0n) is 9.90. The third-order valence-electron chi connectivity index (χ3n) is 2.68. The Morgan fingerprint density at radius 3 is 3.11 bits per heavy atom. The zero-order chi connectivity index (χ0) is 13.4. The molecule has 1 N–H and O–H groups in total. The first-order chi connectivity index (χ1) is 9.19. The van der Waals surface area contributed by atoms with Crippen LogP contribution in [-0.2, 0) is 4.74 Å². The lowest BCUT2D eigenvalue weighted by Crippen LogP contribution is -2.00. The fraction of sp³-hybridized carbons (Fsp3) is 0.167. The second-order valence-electron chi connectivity index (χ2n) is 3.83. The highest BCUT2D eigenvalue weighted by atomic mass is 79.9. The molecular weight excluding hydrogens is 316 g/mol. The first kappa shape index (κ1) is 12.0. The van der Waals surface area contributed by atoms with Gasteiger partial charge in [-0.25, -0.2) is 9.78 Å². The summed E-state index contributed by atoms with van der Waals surface area (Å²) >= 11 is 3.41. The molecule has 7 heteroatoms. The molecule has 2 heterocycles. The van der Waals surface area contributed by atoms with Crippen LogP contribution >= 0.6 is 15.9 Å².